The summed E-state index contributed by atoms with van der Waals surface area (Å²) < 4.78 is 11.8. The van der Waals surface area contributed by atoms with E-state index < -0.39 is 6.09 Å². The molecule has 0 radical (unpaired) electrons. The predicted octanol–water partition coefficient (Wildman–Crippen LogP) is 4.06. The van der Waals surface area contributed by atoms with Crippen molar-refractivity contribution in [3.05, 3.63) is 36.0 Å². The monoisotopic (exact) mass is 398 g/mol. The van der Waals surface area contributed by atoms with Gasteiger partial charge in [0.2, 0.25) is 0 Å². The number of nitrogens with zero attached hydrogens (tertiary/aromatic N) is 2. The number of methoxy groups -OCH3 is 1. The fraction of sp³-hybridized carbons (Fsp3) is 0.350. The third-order valence-corrected chi connectivity index (χ3v) is 5.69. The molecule has 8 heteroatoms. The number of thiazole rings is 1. The highest BCUT2D eigenvalue weighted by Crippen LogP contribution is 2.37. The Hall–Kier alpha value is -2.71. The molecule has 3 heterocycles. The summed E-state index contributed by atoms with van der Waals surface area (Å²) in [6.07, 6.45) is 2.20. The number of pyridine rings is 1. The minimum atomic E-state index is -0.552. The van der Waals surface area contributed by atoms with Crippen LogP contribution in [0, 0.1) is 0 Å². The minimum absolute atomic E-state index is 0.0139. The molecule has 1 aromatic carbocycles. The number of fused-ring (bicyclic) bond motifs is 1. The van der Waals surface area contributed by atoms with Crippen LogP contribution in [-0.4, -0.2) is 41.4 Å². The molecule has 2 N–H and O–H groups in total. The Kier molecular flexibility index (Phi) is 4.91. The Morgan fingerprint density at radius 3 is 2.96 bits per heavy atom. The van der Waals surface area contributed by atoms with Crippen molar-refractivity contribution in [2.75, 3.05) is 19.0 Å². The van der Waals surface area contributed by atoms with Crippen LogP contribution < -0.4 is 15.4 Å². The molecule has 1 aliphatic rings. The Morgan fingerprint density at radius 2 is 2.21 bits per heavy atom. The van der Waals surface area contributed by atoms with E-state index in [4.69, 9.17) is 4.74 Å². The highest BCUT2D eigenvalue weighted by molar-refractivity contribution is 7.17. The molecule has 1 unspecified atom stereocenters. The first-order valence-electron chi connectivity index (χ1n) is 9.05. The largest absolute Gasteiger partial charge is 0.489 e. The van der Waals surface area contributed by atoms with Crippen molar-refractivity contribution in [3.8, 4) is 16.9 Å². The molecule has 0 spiro atoms. The van der Waals surface area contributed by atoms with Gasteiger partial charge in [-0.05, 0) is 50.1 Å². The maximum absolute atomic E-state index is 11.4. The van der Waals surface area contributed by atoms with Gasteiger partial charge in [0.25, 0.3) is 0 Å². The first kappa shape index (κ1) is 18.6. The number of carbonyl (C=O) groups excluding carboxylic acids is 1. The number of rotatable bonds is 5. The average molecular weight is 398 g/mol. The first-order chi connectivity index (χ1) is 13.5. The predicted molar refractivity (Wildman–Crippen MR) is 110 cm³/mol. The number of amides is 1. The summed E-state index contributed by atoms with van der Waals surface area (Å²) in [4.78, 5) is 20.1. The van der Waals surface area contributed by atoms with E-state index in [9.17, 15) is 4.79 Å². The molecule has 3 aromatic rings. The number of hydrogen-bond acceptors (Lipinski definition) is 7. The van der Waals surface area contributed by atoms with Crippen LogP contribution in [-0.2, 0) is 4.74 Å². The van der Waals surface area contributed by atoms with Crippen molar-refractivity contribution in [1.29, 1.82) is 0 Å². The summed E-state index contributed by atoms with van der Waals surface area (Å²) in [6, 6.07) is 8.23. The summed E-state index contributed by atoms with van der Waals surface area (Å²) in [5.41, 5.74) is 4.63. The molecule has 0 aliphatic carbocycles. The van der Waals surface area contributed by atoms with E-state index in [2.05, 4.69) is 39.2 Å². The average Bonchev–Trinajstić information content (AvgIpc) is 3.15. The van der Waals surface area contributed by atoms with Crippen molar-refractivity contribution in [2.24, 2.45) is 0 Å². The lowest BCUT2D eigenvalue weighted by Gasteiger charge is -2.45. The second-order valence-electron chi connectivity index (χ2n) is 7.29. The summed E-state index contributed by atoms with van der Waals surface area (Å²) in [5.74, 6) is 1.21. The quantitative estimate of drug-likeness (QED) is 0.674. The number of benzene rings is 1. The van der Waals surface area contributed by atoms with Crippen molar-refractivity contribution in [3.63, 3.8) is 0 Å². The van der Waals surface area contributed by atoms with Crippen LogP contribution in [0.4, 0.5) is 10.6 Å². The van der Waals surface area contributed by atoms with E-state index in [0.29, 0.717) is 18.5 Å². The number of anilines is 1. The molecule has 2 atom stereocenters. The molecule has 1 saturated heterocycles. The van der Waals surface area contributed by atoms with Gasteiger partial charge < -0.3 is 14.8 Å². The zero-order valence-electron chi connectivity index (χ0n) is 16.0. The maximum atomic E-state index is 11.4. The van der Waals surface area contributed by atoms with Crippen LogP contribution in [0.5, 0.6) is 5.75 Å². The van der Waals surface area contributed by atoms with Gasteiger partial charge in [-0.25, -0.2) is 14.8 Å². The highest BCUT2D eigenvalue weighted by atomic mass is 32.1. The Labute approximate surface area is 167 Å². The van der Waals surface area contributed by atoms with Crippen LogP contribution >= 0.6 is 11.3 Å². The standard InChI is InChI=1S/C20H22N4O3S/c1-12-9-20(2,24-12)10-27-15-5-4-14(18-17(15)22-11-28-18)13-6-7-21-16(8-13)23-19(25)26-3/h4-8,11-12,24H,9-10H2,1-3H3,(H,21,23,25)/t12?,20-/m0/s1. The van der Waals surface area contributed by atoms with Gasteiger partial charge in [-0.1, -0.05) is 0 Å². The van der Waals surface area contributed by atoms with Crippen LogP contribution in [0.1, 0.15) is 20.3 Å². The highest BCUT2D eigenvalue weighted by Gasteiger charge is 2.37. The first-order valence-corrected chi connectivity index (χ1v) is 9.93. The number of aromatic nitrogens is 2. The van der Waals surface area contributed by atoms with Gasteiger partial charge >= 0.3 is 6.09 Å². The smallest absolute Gasteiger partial charge is 0.412 e. The van der Waals surface area contributed by atoms with Gasteiger partial charge in [0, 0.05) is 17.8 Å². The topological polar surface area (TPSA) is 85.4 Å². The number of nitrogens with one attached hydrogen (secondary N) is 2. The molecule has 4 rings (SSSR count). The number of ether oxygens (including phenoxy) is 2. The molecular weight excluding hydrogens is 376 g/mol. The molecule has 146 valence electrons. The second kappa shape index (κ2) is 7.37. The summed E-state index contributed by atoms with van der Waals surface area (Å²) in [6.45, 7) is 4.95. The lowest BCUT2D eigenvalue weighted by molar-refractivity contribution is 0.0959. The van der Waals surface area contributed by atoms with E-state index in [0.717, 1.165) is 33.5 Å². The van der Waals surface area contributed by atoms with Crippen molar-refractivity contribution in [1.82, 2.24) is 15.3 Å². The lowest BCUT2D eigenvalue weighted by Crippen LogP contribution is -2.63. The normalized spacial score (nSPS) is 21.2. The van der Waals surface area contributed by atoms with E-state index in [1.54, 1.807) is 17.5 Å². The van der Waals surface area contributed by atoms with Gasteiger partial charge in [0.15, 0.2) is 0 Å². The molecule has 28 heavy (non-hydrogen) atoms. The SMILES string of the molecule is COC(=O)Nc1cc(-c2ccc(OC[C@]3(C)CC(C)N3)c3ncsc23)ccn1. The van der Waals surface area contributed by atoms with E-state index in [1.807, 2.05) is 29.8 Å². The maximum Gasteiger partial charge on any atom is 0.412 e. The van der Waals surface area contributed by atoms with Gasteiger partial charge in [-0.3, -0.25) is 5.32 Å². The Balaban J connectivity index is 1.61. The fourth-order valence-electron chi connectivity index (χ4n) is 3.68. The molecule has 0 saturated carbocycles. The van der Waals surface area contributed by atoms with Crippen LogP contribution in [0.3, 0.4) is 0 Å². The van der Waals surface area contributed by atoms with Crippen molar-refractivity contribution in [2.45, 2.75) is 31.8 Å². The summed E-state index contributed by atoms with van der Waals surface area (Å²) in [7, 11) is 1.32. The summed E-state index contributed by atoms with van der Waals surface area (Å²) in [5, 5.41) is 6.09. The number of hydrogen-bond donors (Lipinski definition) is 2. The van der Waals surface area contributed by atoms with Crippen molar-refractivity contribution < 1.29 is 14.3 Å². The third kappa shape index (κ3) is 3.65. The molecule has 7 nitrogen and oxygen atoms in total. The molecule has 1 aliphatic heterocycles. The minimum Gasteiger partial charge on any atom is -0.489 e. The Bertz CT molecular complexity index is 1010. The zero-order chi connectivity index (χ0) is 19.7. The molecular formula is C20H22N4O3S. The van der Waals surface area contributed by atoms with Gasteiger partial charge in [-0.15, -0.1) is 11.3 Å². The van der Waals surface area contributed by atoms with E-state index in [-0.39, 0.29) is 5.54 Å². The van der Waals surface area contributed by atoms with E-state index in [1.165, 1.54) is 7.11 Å². The van der Waals surface area contributed by atoms with Crippen molar-refractivity contribution >= 4 is 33.5 Å². The third-order valence-electron chi connectivity index (χ3n) is 4.83. The molecule has 1 amide bonds. The van der Waals surface area contributed by atoms with Gasteiger partial charge in [0.05, 0.1) is 22.9 Å². The van der Waals surface area contributed by atoms with Gasteiger partial charge in [0.1, 0.15) is 23.7 Å². The summed E-state index contributed by atoms with van der Waals surface area (Å²) >= 11 is 1.56. The van der Waals surface area contributed by atoms with E-state index >= 15 is 0 Å². The van der Waals surface area contributed by atoms with Crippen LogP contribution in [0.2, 0.25) is 0 Å². The molecule has 1 fully saturated rings. The van der Waals surface area contributed by atoms with Crippen LogP contribution in [0.15, 0.2) is 36.0 Å². The fourth-order valence-corrected chi connectivity index (χ4v) is 4.52. The Morgan fingerprint density at radius 1 is 1.39 bits per heavy atom. The van der Waals surface area contributed by atoms with Gasteiger partial charge in [-0.2, -0.15) is 0 Å². The number of carbonyl (C=O) groups is 1. The lowest BCUT2D eigenvalue weighted by atomic mass is 9.85. The second-order valence-corrected chi connectivity index (χ2v) is 8.14. The zero-order valence-corrected chi connectivity index (χ0v) is 16.8. The van der Waals surface area contributed by atoms with Crippen LogP contribution in [0.25, 0.3) is 21.3 Å². The molecule has 0 bridgehead atoms. The molecule has 2 aromatic heterocycles.